The van der Waals surface area contributed by atoms with Crippen molar-refractivity contribution in [3.05, 3.63) is 64.2 Å². The van der Waals surface area contributed by atoms with Gasteiger partial charge in [0.25, 0.3) is 0 Å². The van der Waals surface area contributed by atoms with Crippen LogP contribution in [0.5, 0.6) is 5.75 Å². The molecular formula is C15H14ClF2NO. The molecule has 2 nitrogen and oxygen atoms in total. The van der Waals surface area contributed by atoms with Crippen LogP contribution < -0.4 is 10.5 Å². The van der Waals surface area contributed by atoms with Crippen molar-refractivity contribution >= 4 is 11.6 Å². The maximum absolute atomic E-state index is 13.5. The molecule has 5 heteroatoms. The van der Waals surface area contributed by atoms with Gasteiger partial charge in [-0.15, -0.1) is 0 Å². The normalized spacial score (nSPS) is 10.6. The van der Waals surface area contributed by atoms with Gasteiger partial charge in [-0.3, -0.25) is 0 Å². The zero-order valence-corrected chi connectivity index (χ0v) is 11.5. The minimum absolute atomic E-state index is 0.0962. The van der Waals surface area contributed by atoms with E-state index in [1.165, 1.54) is 18.2 Å². The summed E-state index contributed by atoms with van der Waals surface area (Å²) in [5.74, 6) is -0.721. The van der Waals surface area contributed by atoms with E-state index in [0.717, 1.165) is 5.56 Å². The Hall–Kier alpha value is -1.65. The van der Waals surface area contributed by atoms with Crippen molar-refractivity contribution in [1.82, 2.24) is 0 Å². The highest BCUT2D eigenvalue weighted by Crippen LogP contribution is 2.25. The average molecular weight is 298 g/mol. The van der Waals surface area contributed by atoms with E-state index in [2.05, 4.69) is 0 Å². The van der Waals surface area contributed by atoms with Gasteiger partial charge < -0.3 is 10.5 Å². The fourth-order valence-electron chi connectivity index (χ4n) is 1.86. The lowest BCUT2D eigenvalue weighted by Gasteiger charge is -2.12. The molecule has 20 heavy (non-hydrogen) atoms. The molecular weight excluding hydrogens is 284 g/mol. The van der Waals surface area contributed by atoms with Gasteiger partial charge in [-0.25, -0.2) is 8.78 Å². The molecule has 0 heterocycles. The summed E-state index contributed by atoms with van der Waals surface area (Å²) in [6.07, 6.45) is 0.579. The summed E-state index contributed by atoms with van der Waals surface area (Å²) >= 11 is 5.90. The van der Waals surface area contributed by atoms with Gasteiger partial charge in [0, 0.05) is 5.02 Å². The summed E-state index contributed by atoms with van der Waals surface area (Å²) < 4.78 is 32.5. The Morgan fingerprint density at radius 1 is 1.10 bits per heavy atom. The van der Waals surface area contributed by atoms with E-state index in [4.69, 9.17) is 22.1 Å². The third kappa shape index (κ3) is 3.46. The minimum atomic E-state index is -0.626. The predicted molar refractivity (Wildman–Crippen MR) is 74.9 cm³/mol. The molecule has 0 saturated heterocycles. The number of ether oxygens (including phenoxy) is 1. The number of halogens is 3. The van der Waals surface area contributed by atoms with E-state index in [1.54, 1.807) is 18.2 Å². The zero-order chi connectivity index (χ0) is 14.5. The Morgan fingerprint density at radius 2 is 1.80 bits per heavy atom. The number of rotatable bonds is 5. The molecule has 0 unspecified atom stereocenters. The Balaban J connectivity index is 2.18. The smallest absolute Gasteiger partial charge is 0.132 e. The fourth-order valence-corrected chi connectivity index (χ4v) is 2.05. The second kappa shape index (κ2) is 6.68. The molecule has 0 spiro atoms. The maximum Gasteiger partial charge on any atom is 0.132 e. The summed E-state index contributed by atoms with van der Waals surface area (Å²) in [6, 6.07) is 8.79. The molecule has 0 amide bonds. The molecule has 0 aliphatic rings. The van der Waals surface area contributed by atoms with E-state index < -0.39 is 11.6 Å². The highest BCUT2D eigenvalue weighted by Gasteiger charge is 2.11. The summed E-state index contributed by atoms with van der Waals surface area (Å²) in [5, 5.41) is 0.567. The van der Waals surface area contributed by atoms with Crippen molar-refractivity contribution in [2.24, 2.45) is 5.73 Å². The molecule has 2 aromatic carbocycles. The van der Waals surface area contributed by atoms with E-state index in [0.29, 0.717) is 23.7 Å². The van der Waals surface area contributed by atoms with Gasteiger partial charge in [0.2, 0.25) is 0 Å². The summed E-state index contributed by atoms with van der Waals surface area (Å²) in [6.45, 7) is 0.252. The van der Waals surface area contributed by atoms with Crippen molar-refractivity contribution in [2.75, 3.05) is 6.54 Å². The van der Waals surface area contributed by atoms with Crippen LogP contribution in [0.3, 0.4) is 0 Å². The van der Waals surface area contributed by atoms with E-state index in [9.17, 15) is 8.78 Å². The quantitative estimate of drug-likeness (QED) is 0.913. The largest absolute Gasteiger partial charge is 0.488 e. The number of hydrogen-bond donors (Lipinski definition) is 1. The molecule has 0 bridgehead atoms. The first-order valence-corrected chi connectivity index (χ1v) is 6.54. The molecule has 106 valence electrons. The summed E-state index contributed by atoms with van der Waals surface area (Å²) in [7, 11) is 0. The third-order valence-electron chi connectivity index (χ3n) is 2.87. The molecule has 2 N–H and O–H groups in total. The molecule has 0 aromatic heterocycles. The number of nitrogens with two attached hydrogens (primary N) is 1. The van der Waals surface area contributed by atoms with Crippen LogP contribution in [0.15, 0.2) is 36.4 Å². The average Bonchev–Trinajstić information content (AvgIpc) is 2.40. The minimum Gasteiger partial charge on any atom is -0.488 e. The third-order valence-corrected chi connectivity index (χ3v) is 3.11. The molecule has 0 saturated carbocycles. The van der Waals surface area contributed by atoms with Gasteiger partial charge in [0.05, 0.1) is 5.56 Å². The standard InChI is InChI=1S/C15H14ClF2NO/c16-11-4-5-15(10(8-11)6-7-19)20-9-12-13(17)2-1-3-14(12)18/h1-5,8H,6-7,9,19H2. The lowest BCUT2D eigenvalue weighted by Crippen LogP contribution is -2.07. The first-order valence-electron chi connectivity index (χ1n) is 6.16. The predicted octanol–water partition coefficient (Wildman–Crippen LogP) is 3.70. The molecule has 0 radical (unpaired) electrons. The van der Waals surface area contributed by atoms with Gasteiger partial charge >= 0.3 is 0 Å². The Morgan fingerprint density at radius 3 is 2.45 bits per heavy atom. The first kappa shape index (κ1) is 14.8. The van der Waals surface area contributed by atoms with E-state index in [-0.39, 0.29) is 12.2 Å². The Labute approximate surface area is 121 Å². The van der Waals surface area contributed by atoms with Crippen LogP contribution in [0.25, 0.3) is 0 Å². The molecule has 0 aliphatic heterocycles. The van der Waals surface area contributed by atoms with Gasteiger partial charge in [-0.05, 0) is 48.9 Å². The van der Waals surface area contributed by atoms with Gasteiger partial charge in [-0.2, -0.15) is 0 Å². The van der Waals surface area contributed by atoms with Crippen molar-refractivity contribution < 1.29 is 13.5 Å². The zero-order valence-electron chi connectivity index (χ0n) is 10.7. The molecule has 2 rings (SSSR count). The van der Waals surface area contributed by atoms with Crippen molar-refractivity contribution in [2.45, 2.75) is 13.0 Å². The molecule has 0 atom stereocenters. The molecule has 2 aromatic rings. The Bertz CT molecular complexity index is 584. The van der Waals surface area contributed by atoms with Crippen molar-refractivity contribution in [1.29, 1.82) is 0 Å². The summed E-state index contributed by atoms with van der Waals surface area (Å²) in [4.78, 5) is 0. The topological polar surface area (TPSA) is 35.2 Å². The molecule has 0 aliphatic carbocycles. The number of hydrogen-bond acceptors (Lipinski definition) is 2. The molecule has 0 fully saturated rings. The van der Waals surface area contributed by atoms with Gasteiger partial charge in [0.1, 0.15) is 24.0 Å². The fraction of sp³-hybridized carbons (Fsp3) is 0.200. The second-order valence-electron chi connectivity index (χ2n) is 4.28. The summed E-state index contributed by atoms with van der Waals surface area (Å²) in [5.41, 5.74) is 6.24. The van der Waals surface area contributed by atoms with Crippen molar-refractivity contribution in [3.63, 3.8) is 0 Å². The van der Waals surface area contributed by atoms with Crippen LogP contribution in [0.4, 0.5) is 8.78 Å². The highest BCUT2D eigenvalue weighted by atomic mass is 35.5. The monoisotopic (exact) mass is 297 g/mol. The lowest BCUT2D eigenvalue weighted by molar-refractivity contribution is 0.289. The van der Waals surface area contributed by atoms with Gasteiger partial charge in [-0.1, -0.05) is 17.7 Å². The maximum atomic E-state index is 13.5. The van der Waals surface area contributed by atoms with E-state index in [1.807, 2.05) is 0 Å². The lowest BCUT2D eigenvalue weighted by atomic mass is 10.1. The van der Waals surface area contributed by atoms with Crippen LogP contribution in [-0.4, -0.2) is 6.54 Å². The van der Waals surface area contributed by atoms with Crippen LogP contribution in [-0.2, 0) is 13.0 Å². The highest BCUT2D eigenvalue weighted by molar-refractivity contribution is 6.30. The van der Waals surface area contributed by atoms with Crippen LogP contribution in [0.2, 0.25) is 5.02 Å². The van der Waals surface area contributed by atoms with Gasteiger partial charge in [0.15, 0.2) is 0 Å². The van der Waals surface area contributed by atoms with Crippen LogP contribution in [0.1, 0.15) is 11.1 Å². The SMILES string of the molecule is NCCc1cc(Cl)ccc1OCc1c(F)cccc1F. The van der Waals surface area contributed by atoms with Crippen LogP contribution in [0, 0.1) is 11.6 Å². The van der Waals surface area contributed by atoms with E-state index >= 15 is 0 Å². The van der Waals surface area contributed by atoms with Crippen LogP contribution >= 0.6 is 11.6 Å². The Kier molecular flexibility index (Phi) is 4.93. The van der Waals surface area contributed by atoms with Crippen molar-refractivity contribution in [3.8, 4) is 5.75 Å². The number of benzene rings is 2. The second-order valence-corrected chi connectivity index (χ2v) is 4.72. The first-order chi connectivity index (χ1) is 9.61.